The van der Waals surface area contributed by atoms with Crippen molar-refractivity contribution in [2.45, 2.75) is 18.9 Å². The Hall–Kier alpha value is -2.06. The van der Waals surface area contributed by atoms with Gasteiger partial charge in [0.15, 0.2) is 5.82 Å². The van der Waals surface area contributed by atoms with E-state index in [9.17, 15) is 0 Å². The molecule has 1 unspecified atom stereocenters. The zero-order valence-electron chi connectivity index (χ0n) is 16.3. The molecule has 0 spiro atoms. The van der Waals surface area contributed by atoms with E-state index >= 15 is 0 Å². The standard InChI is InChI=1S/C20H19Cl3N4O3/c1-28-13-7-14(29-2)18(23)16(17(13)22)20-26-12-9-24-15(21)6-11(12)19(27-20)25-8-10-4-3-5-30-10/h6-7,9-10H,3-5,8H2,1-2H3,(H,25,26,27). The van der Waals surface area contributed by atoms with Crippen LogP contribution in [0.5, 0.6) is 11.5 Å². The molecule has 4 rings (SSSR count). The molecular formula is C20H19Cl3N4O3. The molecule has 1 aliphatic rings. The maximum Gasteiger partial charge on any atom is 0.165 e. The van der Waals surface area contributed by atoms with Crippen molar-refractivity contribution in [1.82, 2.24) is 15.0 Å². The monoisotopic (exact) mass is 468 g/mol. The molecule has 7 nitrogen and oxygen atoms in total. The number of hydrogen-bond donors (Lipinski definition) is 1. The van der Waals surface area contributed by atoms with Gasteiger partial charge in [-0.15, -0.1) is 0 Å². The van der Waals surface area contributed by atoms with Crippen LogP contribution in [0.4, 0.5) is 5.82 Å². The normalized spacial score (nSPS) is 16.1. The molecule has 0 saturated carbocycles. The molecule has 1 fully saturated rings. The number of ether oxygens (including phenoxy) is 3. The largest absolute Gasteiger partial charge is 0.495 e. The number of fused-ring (bicyclic) bond motifs is 1. The van der Waals surface area contributed by atoms with E-state index in [0.29, 0.717) is 45.9 Å². The second kappa shape index (κ2) is 8.98. The van der Waals surface area contributed by atoms with Crippen LogP contribution in [0.15, 0.2) is 18.3 Å². The Kier molecular flexibility index (Phi) is 6.34. The van der Waals surface area contributed by atoms with Crippen LogP contribution >= 0.6 is 34.8 Å². The highest BCUT2D eigenvalue weighted by Gasteiger charge is 2.23. The fourth-order valence-electron chi connectivity index (χ4n) is 3.35. The maximum atomic E-state index is 6.56. The second-order valence-corrected chi connectivity index (χ2v) is 7.86. The average Bonchev–Trinajstić information content (AvgIpc) is 3.26. The molecule has 1 N–H and O–H groups in total. The molecule has 158 valence electrons. The summed E-state index contributed by atoms with van der Waals surface area (Å²) in [4.78, 5) is 13.5. The Labute approximate surface area is 188 Å². The quantitative estimate of drug-likeness (QED) is 0.493. The van der Waals surface area contributed by atoms with Gasteiger partial charge >= 0.3 is 0 Å². The van der Waals surface area contributed by atoms with Gasteiger partial charge in [0, 0.05) is 24.6 Å². The van der Waals surface area contributed by atoms with Crippen LogP contribution in [0.2, 0.25) is 15.2 Å². The van der Waals surface area contributed by atoms with Crippen molar-refractivity contribution >= 4 is 51.5 Å². The van der Waals surface area contributed by atoms with Crippen molar-refractivity contribution in [3.05, 3.63) is 33.5 Å². The van der Waals surface area contributed by atoms with Crippen LogP contribution in [0.3, 0.4) is 0 Å². The summed E-state index contributed by atoms with van der Waals surface area (Å²) in [7, 11) is 3.03. The van der Waals surface area contributed by atoms with Gasteiger partial charge in [-0.2, -0.15) is 0 Å². The molecular weight excluding hydrogens is 451 g/mol. The Morgan fingerprint density at radius 3 is 2.47 bits per heavy atom. The van der Waals surface area contributed by atoms with Crippen molar-refractivity contribution < 1.29 is 14.2 Å². The second-order valence-electron chi connectivity index (χ2n) is 6.72. The van der Waals surface area contributed by atoms with E-state index in [2.05, 4.69) is 15.3 Å². The Morgan fingerprint density at radius 2 is 1.83 bits per heavy atom. The predicted molar refractivity (Wildman–Crippen MR) is 118 cm³/mol. The third kappa shape index (κ3) is 4.07. The SMILES string of the molecule is COc1cc(OC)c(Cl)c(-c2nc(NCC3CCCO3)c3cc(Cl)ncc3n2)c1Cl. The summed E-state index contributed by atoms with van der Waals surface area (Å²) in [6.45, 7) is 1.38. The van der Waals surface area contributed by atoms with Gasteiger partial charge in [-0.05, 0) is 18.9 Å². The minimum atomic E-state index is 0.125. The first kappa shape index (κ1) is 21.2. The highest BCUT2D eigenvalue weighted by molar-refractivity contribution is 6.41. The van der Waals surface area contributed by atoms with Crippen molar-refractivity contribution in [2.75, 3.05) is 32.7 Å². The van der Waals surface area contributed by atoms with Gasteiger partial charge in [0.2, 0.25) is 0 Å². The predicted octanol–water partition coefficient (Wildman–Crippen LogP) is 5.26. The lowest BCUT2D eigenvalue weighted by Gasteiger charge is -2.16. The maximum absolute atomic E-state index is 6.56. The average molecular weight is 470 g/mol. The van der Waals surface area contributed by atoms with Crippen molar-refractivity contribution in [1.29, 1.82) is 0 Å². The van der Waals surface area contributed by atoms with E-state index in [1.54, 1.807) is 18.3 Å². The van der Waals surface area contributed by atoms with Crippen LogP contribution in [-0.2, 0) is 4.74 Å². The van der Waals surface area contributed by atoms with Gasteiger partial charge < -0.3 is 19.5 Å². The number of nitrogens with one attached hydrogen (secondary N) is 1. The van der Waals surface area contributed by atoms with E-state index in [1.807, 2.05) is 0 Å². The number of nitrogens with zero attached hydrogens (tertiary/aromatic N) is 3. The number of halogens is 3. The fraction of sp³-hybridized carbons (Fsp3) is 0.350. The van der Waals surface area contributed by atoms with Crippen molar-refractivity contribution in [3.63, 3.8) is 0 Å². The zero-order chi connectivity index (χ0) is 21.3. The number of rotatable bonds is 6. The first-order valence-corrected chi connectivity index (χ1v) is 10.4. The Bertz CT molecular complexity index is 1060. The van der Waals surface area contributed by atoms with Gasteiger partial charge in [-0.1, -0.05) is 34.8 Å². The highest BCUT2D eigenvalue weighted by atomic mass is 35.5. The summed E-state index contributed by atoms with van der Waals surface area (Å²) < 4.78 is 16.4. The Balaban J connectivity index is 1.86. The van der Waals surface area contributed by atoms with Gasteiger partial charge in [0.25, 0.3) is 0 Å². The molecule has 30 heavy (non-hydrogen) atoms. The van der Waals surface area contributed by atoms with E-state index < -0.39 is 0 Å². The lowest BCUT2D eigenvalue weighted by atomic mass is 10.1. The molecule has 1 atom stereocenters. The zero-order valence-corrected chi connectivity index (χ0v) is 18.6. The van der Waals surface area contributed by atoms with Gasteiger partial charge in [-0.3, -0.25) is 0 Å². The summed E-state index contributed by atoms with van der Waals surface area (Å²) in [6.07, 6.45) is 3.75. The van der Waals surface area contributed by atoms with Crippen LogP contribution in [0.25, 0.3) is 22.3 Å². The lowest BCUT2D eigenvalue weighted by Crippen LogP contribution is -2.19. The first-order chi connectivity index (χ1) is 14.5. The number of hydrogen-bond acceptors (Lipinski definition) is 7. The van der Waals surface area contributed by atoms with Crippen LogP contribution in [0.1, 0.15) is 12.8 Å². The molecule has 10 heteroatoms. The third-order valence-electron chi connectivity index (χ3n) is 4.87. The molecule has 2 aromatic heterocycles. The molecule has 0 bridgehead atoms. The smallest absolute Gasteiger partial charge is 0.165 e. The molecule has 1 saturated heterocycles. The van der Waals surface area contributed by atoms with E-state index in [1.165, 1.54) is 14.2 Å². The van der Waals surface area contributed by atoms with E-state index in [-0.39, 0.29) is 16.1 Å². The number of aromatic nitrogens is 3. The topological polar surface area (TPSA) is 78.4 Å². The number of anilines is 1. The van der Waals surface area contributed by atoms with Gasteiger partial charge in [0.05, 0.1) is 47.6 Å². The first-order valence-electron chi connectivity index (χ1n) is 9.31. The molecule has 0 amide bonds. The minimum absolute atomic E-state index is 0.125. The van der Waals surface area contributed by atoms with Crippen LogP contribution < -0.4 is 14.8 Å². The number of benzene rings is 1. The van der Waals surface area contributed by atoms with Crippen LogP contribution in [0, 0.1) is 0 Å². The Morgan fingerprint density at radius 1 is 1.10 bits per heavy atom. The summed E-state index contributed by atoms with van der Waals surface area (Å²) in [6, 6.07) is 3.33. The molecule has 0 aliphatic carbocycles. The summed E-state index contributed by atoms with van der Waals surface area (Å²) in [5.41, 5.74) is 1.000. The van der Waals surface area contributed by atoms with Crippen LogP contribution in [-0.4, -0.2) is 48.4 Å². The highest BCUT2D eigenvalue weighted by Crippen LogP contribution is 2.45. The summed E-state index contributed by atoms with van der Waals surface area (Å²) >= 11 is 19.2. The molecule has 3 aromatic rings. The molecule has 3 heterocycles. The third-order valence-corrected chi connectivity index (χ3v) is 5.82. The van der Waals surface area contributed by atoms with E-state index in [4.69, 9.17) is 54.0 Å². The number of methoxy groups -OCH3 is 2. The minimum Gasteiger partial charge on any atom is -0.495 e. The molecule has 1 aliphatic heterocycles. The van der Waals surface area contributed by atoms with Gasteiger partial charge in [-0.25, -0.2) is 15.0 Å². The van der Waals surface area contributed by atoms with Crippen molar-refractivity contribution in [3.8, 4) is 22.9 Å². The van der Waals surface area contributed by atoms with Gasteiger partial charge in [0.1, 0.15) is 22.5 Å². The van der Waals surface area contributed by atoms with Crippen molar-refractivity contribution in [2.24, 2.45) is 0 Å². The summed E-state index contributed by atoms with van der Waals surface area (Å²) in [5.74, 6) is 1.71. The molecule has 0 radical (unpaired) electrons. The number of pyridine rings is 1. The fourth-order valence-corrected chi connectivity index (χ4v) is 4.18. The summed E-state index contributed by atoms with van der Waals surface area (Å²) in [5, 5.41) is 5.01. The molecule has 1 aromatic carbocycles. The van der Waals surface area contributed by atoms with E-state index in [0.717, 1.165) is 24.8 Å². The lowest BCUT2D eigenvalue weighted by molar-refractivity contribution is 0.120.